The van der Waals surface area contributed by atoms with Gasteiger partial charge in [-0.1, -0.05) is 41.5 Å². The number of carbonyl (C=O) groups excluding carboxylic acids is 4. The highest BCUT2D eigenvalue weighted by atomic mass is 16.5. The fourth-order valence-electron chi connectivity index (χ4n) is 2.63. The van der Waals surface area contributed by atoms with Gasteiger partial charge in [-0.25, -0.2) is 0 Å². The Morgan fingerprint density at radius 3 is 1.71 bits per heavy atom. The second-order valence-corrected chi connectivity index (χ2v) is 6.55. The molecular formula is C19H32O5. The zero-order valence-electron chi connectivity index (χ0n) is 16.0. The standard InChI is InChI=1S/C19H32O5/c1-8-11(4)17(22)14(7)18(12(5)15(20)9-2)24-19(23)13(6)16(21)10-3/h11-14,18H,8-10H2,1-7H3/t11-,12-,13+,14+,18+/m0/s1. The molecule has 0 fully saturated rings. The average Bonchev–Trinajstić information content (AvgIpc) is 2.60. The highest BCUT2D eigenvalue weighted by molar-refractivity contribution is 5.98. The summed E-state index contributed by atoms with van der Waals surface area (Å²) in [6.45, 7) is 12.0. The van der Waals surface area contributed by atoms with Gasteiger partial charge >= 0.3 is 5.97 Å². The van der Waals surface area contributed by atoms with Gasteiger partial charge in [0, 0.05) is 18.8 Å². The molecule has 5 heteroatoms. The van der Waals surface area contributed by atoms with Crippen LogP contribution < -0.4 is 0 Å². The molecule has 0 aliphatic carbocycles. The van der Waals surface area contributed by atoms with Crippen LogP contribution in [0.1, 0.15) is 67.7 Å². The van der Waals surface area contributed by atoms with E-state index in [-0.39, 0.29) is 29.7 Å². The lowest BCUT2D eigenvalue weighted by Crippen LogP contribution is -2.42. The molecule has 0 aromatic carbocycles. The first-order valence-corrected chi connectivity index (χ1v) is 8.91. The highest BCUT2D eigenvalue weighted by Crippen LogP contribution is 2.25. The van der Waals surface area contributed by atoms with Gasteiger partial charge in [-0.3, -0.25) is 19.2 Å². The molecule has 5 atom stereocenters. The minimum absolute atomic E-state index is 0.0273. The number of esters is 1. The molecule has 5 nitrogen and oxygen atoms in total. The van der Waals surface area contributed by atoms with E-state index < -0.39 is 29.8 Å². The fraction of sp³-hybridized carbons (Fsp3) is 0.789. The first-order chi connectivity index (χ1) is 11.1. The fourth-order valence-corrected chi connectivity index (χ4v) is 2.63. The number of ketones is 3. The molecule has 0 unspecified atom stereocenters. The van der Waals surface area contributed by atoms with E-state index in [4.69, 9.17) is 4.74 Å². The van der Waals surface area contributed by atoms with Crippen molar-refractivity contribution in [2.75, 3.05) is 0 Å². The molecule has 0 aliphatic rings. The molecule has 0 N–H and O–H groups in total. The van der Waals surface area contributed by atoms with Crippen LogP contribution in [0, 0.1) is 23.7 Å². The first kappa shape index (κ1) is 22.5. The molecule has 0 bridgehead atoms. The topological polar surface area (TPSA) is 77.5 Å². The predicted molar refractivity (Wildman–Crippen MR) is 92.4 cm³/mol. The zero-order chi connectivity index (χ0) is 19.0. The summed E-state index contributed by atoms with van der Waals surface area (Å²) in [7, 11) is 0. The largest absolute Gasteiger partial charge is 0.460 e. The number of hydrogen-bond donors (Lipinski definition) is 0. The lowest BCUT2D eigenvalue weighted by Gasteiger charge is -2.30. The van der Waals surface area contributed by atoms with Gasteiger partial charge in [0.1, 0.15) is 29.4 Å². The maximum atomic E-state index is 12.5. The van der Waals surface area contributed by atoms with Gasteiger partial charge in [0.05, 0.1) is 11.8 Å². The van der Waals surface area contributed by atoms with Crippen LogP contribution in [-0.4, -0.2) is 29.4 Å². The van der Waals surface area contributed by atoms with Crippen LogP contribution in [0.25, 0.3) is 0 Å². The van der Waals surface area contributed by atoms with Crippen molar-refractivity contribution in [1.29, 1.82) is 0 Å². The zero-order valence-corrected chi connectivity index (χ0v) is 16.0. The van der Waals surface area contributed by atoms with Crippen molar-refractivity contribution in [3.63, 3.8) is 0 Å². The van der Waals surface area contributed by atoms with Crippen molar-refractivity contribution in [2.45, 2.75) is 73.8 Å². The number of ether oxygens (including phenoxy) is 1. The van der Waals surface area contributed by atoms with Crippen LogP contribution >= 0.6 is 0 Å². The molecule has 0 amide bonds. The molecule has 0 spiro atoms. The Balaban J connectivity index is 5.41. The normalized spacial score (nSPS) is 17.3. The number of Topliss-reactive ketones (excluding diaryl/α,β-unsaturated/α-hetero) is 3. The number of carbonyl (C=O) groups is 4. The van der Waals surface area contributed by atoms with E-state index in [2.05, 4.69) is 0 Å². The monoisotopic (exact) mass is 340 g/mol. The Hall–Kier alpha value is -1.52. The van der Waals surface area contributed by atoms with Gasteiger partial charge in [0.25, 0.3) is 0 Å². The molecule has 0 aromatic rings. The molecule has 0 radical (unpaired) electrons. The van der Waals surface area contributed by atoms with Crippen LogP contribution in [-0.2, 0) is 23.9 Å². The Bertz CT molecular complexity index is 468. The molecular weight excluding hydrogens is 308 g/mol. The summed E-state index contributed by atoms with van der Waals surface area (Å²) in [6, 6.07) is 0. The van der Waals surface area contributed by atoms with E-state index >= 15 is 0 Å². The molecule has 138 valence electrons. The number of hydrogen-bond acceptors (Lipinski definition) is 5. The van der Waals surface area contributed by atoms with E-state index in [1.807, 2.05) is 13.8 Å². The quantitative estimate of drug-likeness (QED) is 0.425. The van der Waals surface area contributed by atoms with Crippen molar-refractivity contribution in [1.82, 2.24) is 0 Å². The molecule has 0 rings (SSSR count). The van der Waals surface area contributed by atoms with Gasteiger partial charge in [0.2, 0.25) is 0 Å². The lowest BCUT2D eigenvalue weighted by atomic mass is 9.82. The van der Waals surface area contributed by atoms with E-state index in [9.17, 15) is 19.2 Å². The maximum Gasteiger partial charge on any atom is 0.316 e. The van der Waals surface area contributed by atoms with Crippen LogP contribution in [0.3, 0.4) is 0 Å². The Kier molecular flexibility index (Phi) is 9.71. The van der Waals surface area contributed by atoms with Crippen LogP contribution in [0.4, 0.5) is 0 Å². The second-order valence-electron chi connectivity index (χ2n) is 6.55. The summed E-state index contributed by atoms with van der Waals surface area (Å²) in [5.74, 6) is -3.18. The van der Waals surface area contributed by atoms with Crippen molar-refractivity contribution in [3.05, 3.63) is 0 Å². The highest BCUT2D eigenvalue weighted by Gasteiger charge is 2.37. The Morgan fingerprint density at radius 2 is 1.29 bits per heavy atom. The van der Waals surface area contributed by atoms with Gasteiger partial charge < -0.3 is 4.74 Å². The predicted octanol–water partition coefficient (Wildman–Crippen LogP) is 3.38. The van der Waals surface area contributed by atoms with E-state index in [0.29, 0.717) is 12.8 Å². The first-order valence-electron chi connectivity index (χ1n) is 8.91. The van der Waals surface area contributed by atoms with Gasteiger partial charge in [-0.2, -0.15) is 0 Å². The van der Waals surface area contributed by atoms with E-state index in [1.54, 1.807) is 27.7 Å². The van der Waals surface area contributed by atoms with Crippen molar-refractivity contribution in [2.24, 2.45) is 23.7 Å². The third-order valence-corrected chi connectivity index (χ3v) is 4.83. The summed E-state index contributed by atoms with van der Waals surface area (Å²) < 4.78 is 5.50. The van der Waals surface area contributed by atoms with Crippen molar-refractivity contribution in [3.8, 4) is 0 Å². The van der Waals surface area contributed by atoms with E-state index in [0.717, 1.165) is 0 Å². The Labute approximate surface area is 145 Å². The van der Waals surface area contributed by atoms with E-state index in [1.165, 1.54) is 6.92 Å². The molecule has 0 saturated heterocycles. The number of rotatable bonds is 11. The summed E-state index contributed by atoms with van der Waals surface area (Å²) in [4.78, 5) is 48.6. The summed E-state index contributed by atoms with van der Waals surface area (Å²) in [5, 5.41) is 0. The summed E-state index contributed by atoms with van der Waals surface area (Å²) in [5.41, 5.74) is 0. The van der Waals surface area contributed by atoms with Gasteiger partial charge in [-0.15, -0.1) is 0 Å². The third kappa shape index (κ3) is 5.84. The van der Waals surface area contributed by atoms with Crippen molar-refractivity contribution < 1.29 is 23.9 Å². The molecule has 0 aromatic heterocycles. The Morgan fingerprint density at radius 1 is 0.792 bits per heavy atom. The third-order valence-electron chi connectivity index (χ3n) is 4.83. The molecule has 0 heterocycles. The van der Waals surface area contributed by atoms with Crippen LogP contribution in [0.5, 0.6) is 0 Å². The smallest absolute Gasteiger partial charge is 0.316 e. The van der Waals surface area contributed by atoms with Gasteiger partial charge in [0.15, 0.2) is 0 Å². The lowest BCUT2D eigenvalue weighted by molar-refractivity contribution is -0.163. The SMILES string of the molecule is CCC(=O)[C@@H](C)C(=O)O[C@@H]([C@H](C)C(=O)[C@@H](C)CC)[C@@H](C)C(=O)CC. The van der Waals surface area contributed by atoms with Gasteiger partial charge in [-0.05, 0) is 13.3 Å². The van der Waals surface area contributed by atoms with Crippen LogP contribution in [0.2, 0.25) is 0 Å². The minimum atomic E-state index is -0.882. The molecule has 24 heavy (non-hydrogen) atoms. The maximum absolute atomic E-state index is 12.5. The molecule has 0 saturated carbocycles. The molecule has 0 aliphatic heterocycles. The second kappa shape index (κ2) is 10.4. The van der Waals surface area contributed by atoms with Crippen molar-refractivity contribution >= 4 is 23.3 Å². The van der Waals surface area contributed by atoms with Crippen LogP contribution in [0.15, 0.2) is 0 Å². The average molecular weight is 340 g/mol. The summed E-state index contributed by atoms with van der Waals surface area (Å²) in [6.07, 6.45) is 0.401. The summed E-state index contributed by atoms with van der Waals surface area (Å²) >= 11 is 0. The minimum Gasteiger partial charge on any atom is -0.460 e.